The van der Waals surface area contributed by atoms with Gasteiger partial charge in [0, 0.05) is 13.1 Å². The Morgan fingerprint density at radius 3 is 2.62 bits per heavy atom. The minimum Gasteiger partial charge on any atom is -0.397 e. The Kier molecular flexibility index (Phi) is 3.21. The van der Waals surface area contributed by atoms with E-state index < -0.39 is 0 Å². The summed E-state index contributed by atoms with van der Waals surface area (Å²) < 4.78 is 5.66. The minimum atomic E-state index is 0.194. The van der Waals surface area contributed by atoms with Gasteiger partial charge in [-0.3, -0.25) is 0 Å². The first-order valence-electron chi connectivity index (χ1n) is 5.37. The van der Waals surface area contributed by atoms with Gasteiger partial charge in [0.05, 0.1) is 29.1 Å². The molecule has 2 rings (SSSR count). The first kappa shape index (κ1) is 11.5. The van der Waals surface area contributed by atoms with Crippen LogP contribution in [-0.4, -0.2) is 30.3 Å². The van der Waals surface area contributed by atoms with E-state index in [2.05, 4.69) is 9.88 Å². The highest BCUT2D eigenvalue weighted by Gasteiger charge is 2.24. The van der Waals surface area contributed by atoms with Gasteiger partial charge >= 0.3 is 0 Å². The summed E-state index contributed by atoms with van der Waals surface area (Å²) in [6, 6.07) is 1.73. The van der Waals surface area contributed by atoms with Gasteiger partial charge in [-0.2, -0.15) is 0 Å². The number of aromatic nitrogens is 1. The third kappa shape index (κ3) is 2.39. The number of hydrogen-bond donors (Lipinski definition) is 1. The van der Waals surface area contributed by atoms with Gasteiger partial charge in [0.15, 0.2) is 0 Å². The number of pyridine rings is 1. The van der Waals surface area contributed by atoms with E-state index in [1.165, 1.54) is 0 Å². The average Bonchev–Trinajstić information content (AvgIpc) is 2.15. The van der Waals surface area contributed by atoms with Crippen LogP contribution in [0.25, 0.3) is 0 Å². The first-order chi connectivity index (χ1) is 7.56. The van der Waals surface area contributed by atoms with Crippen LogP contribution in [0, 0.1) is 0 Å². The maximum absolute atomic E-state index is 6.13. The van der Waals surface area contributed by atoms with Crippen LogP contribution in [0.5, 0.6) is 0 Å². The van der Waals surface area contributed by atoms with Crippen LogP contribution in [0.1, 0.15) is 13.8 Å². The summed E-state index contributed by atoms with van der Waals surface area (Å²) in [7, 11) is 0. The number of morpholine rings is 1. The highest BCUT2D eigenvalue weighted by molar-refractivity contribution is 6.33. The molecule has 1 aromatic heterocycles. The van der Waals surface area contributed by atoms with Crippen LogP contribution in [0.15, 0.2) is 12.3 Å². The van der Waals surface area contributed by atoms with Gasteiger partial charge in [-0.25, -0.2) is 4.98 Å². The molecule has 1 aliphatic rings. The molecule has 0 aliphatic carbocycles. The van der Waals surface area contributed by atoms with Gasteiger partial charge in [-0.1, -0.05) is 11.6 Å². The highest BCUT2D eigenvalue weighted by Crippen LogP contribution is 2.27. The molecule has 0 unspecified atom stereocenters. The molecule has 16 heavy (non-hydrogen) atoms. The third-order valence-corrected chi connectivity index (χ3v) is 2.84. The quantitative estimate of drug-likeness (QED) is 0.816. The fourth-order valence-corrected chi connectivity index (χ4v) is 2.32. The Bertz CT molecular complexity index is 375. The number of ether oxygens (including phenoxy) is 1. The van der Waals surface area contributed by atoms with Crippen LogP contribution in [0.3, 0.4) is 0 Å². The third-order valence-electron chi connectivity index (χ3n) is 2.56. The summed E-state index contributed by atoms with van der Waals surface area (Å²) in [6.07, 6.45) is 2.02. The molecular weight excluding hydrogens is 226 g/mol. The van der Waals surface area contributed by atoms with Crippen molar-refractivity contribution in [1.29, 1.82) is 0 Å². The van der Waals surface area contributed by atoms with E-state index in [-0.39, 0.29) is 12.2 Å². The zero-order chi connectivity index (χ0) is 11.7. The molecule has 1 aromatic rings. The highest BCUT2D eigenvalue weighted by atomic mass is 35.5. The molecule has 0 aromatic carbocycles. The molecule has 0 radical (unpaired) electrons. The van der Waals surface area contributed by atoms with Crippen molar-refractivity contribution in [3.63, 3.8) is 0 Å². The Labute approximate surface area is 100 Å². The van der Waals surface area contributed by atoms with Gasteiger partial charge in [-0.15, -0.1) is 0 Å². The van der Waals surface area contributed by atoms with Crippen LogP contribution in [0.4, 0.5) is 11.5 Å². The van der Waals surface area contributed by atoms with E-state index in [4.69, 9.17) is 22.1 Å². The molecule has 1 fully saturated rings. The van der Waals surface area contributed by atoms with Crippen molar-refractivity contribution in [2.24, 2.45) is 0 Å². The van der Waals surface area contributed by atoms with Crippen molar-refractivity contribution in [3.8, 4) is 0 Å². The molecule has 2 atom stereocenters. The molecule has 0 saturated carbocycles. The zero-order valence-electron chi connectivity index (χ0n) is 9.48. The fourth-order valence-electron chi connectivity index (χ4n) is 2.03. The summed E-state index contributed by atoms with van der Waals surface area (Å²) in [5.74, 6) is 0.790. The van der Waals surface area contributed by atoms with Gasteiger partial charge in [0.2, 0.25) is 0 Å². The van der Waals surface area contributed by atoms with Crippen molar-refractivity contribution in [2.75, 3.05) is 23.7 Å². The van der Waals surface area contributed by atoms with Crippen molar-refractivity contribution in [1.82, 2.24) is 4.98 Å². The van der Waals surface area contributed by atoms with Gasteiger partial charge in [0.1, 0.15) is 5.82 Å². The lowest BCUT2D eigenvalue weighted by Gasteiger charge is -2.36. The standard InChI is InChI=1S/C11H16ClN3O/c1-7-5-15(6-8(2)16-7)11-10(12)3-9(13)4-14-11/h3-4,7-8H,5-6,13H2,1-2H3/t7-,8+. The Hall–Kier alpha value is -1.00. The van der Waals surface area contributed by atoms with E-state index in [1.807, 2.05) is 13.8 Å². The van der Waals surface area contributed by atoms with E-state index in [1.54, 1.807) is 12.3 Å². The average molecular weight is 242 g/mol. The summed E-state index contributed by atoms with van der Waals surface area (Å²) >= 11 is 6.13. The summed E-state index contributed by atoms with van der Waals surface area (Å²) in [4.78, 5) is 6.42. The number of anilines is 2. The predicted octanol–water partition coefficient (Wildman–Crippen LogP) is 1.93. The number of halogens is 1. The topological polar surface area (TPSA) is 51.4 Å². The van der Waals surface area contributed by atoms with E-state index in [0.29, 0.717) is 10.7 Å². The van der Waals surface area contributed by atoms with E-state index in [0.717, 1.165) is 18.9 Å². The zero-order valence-corrected chi connectivity index (χ0v) is 10.2. The Morgan fingerprint density at radius 1 is 1.44 bits per heavy atom. The monoisotopic (exact) mass is 241 g/mol. The molecule has 1 saturated heterocycles. The molecule has 4 nitrogen and oxygen atoms in total. The lowest BCUT2D eigenvalue weighted by Crippen LogP contribution is -2.46. The lowest BCUT2D eigenvalue weighted by molar-refractivity contribution is -0.00544. The van der Waals surface area contributed by atoms with Crippen molar-refractivity contribution >= 4 is 23.1 Å². The summed E-state index contributed by atoms with van der Waals surface area (Å²) in [6.45, 7) is 5.71. The van der Waals surface area contributed by atoms with Crippen LogP contribution in [-0.2, 0) is 4.74 Å². The van der Waals surface area contributed by atoms with Crippen LogP contribution < -0.4 is 10.6 Å². The number of nitrogen functional groups attached to an aromatic ring is 1. The number of nitrogens with two attached hydrogens (primary N) is 1. The van der Waals surface area contributed by atoms with Gasteiger partial charge in [-0.05, 0) is 19.9 Å². The normalized spacial score (nSPS) is 25.8. The fraction of sp³-hybridized carbons (Fsp3) is 0.545. The van der Waals surface area contributed by atoms with Crippen molar-refractivity contribution in [3.05, 3.63) is 17.3 Å². The van der Waals surface area contributed by atoms with E-state index in [9.17, 15) is 0 Å². The van der Waals surface area contributed by atoms with Crippen LogP contribution in [0.2, 0.25) is 5.02 Å². The molecule has 1 aliphatic heterocycles. The van der Waals surface area contributed by atoms with Gasteiger partial charge < -0.3 is 15.4 Å². The Morgan fingerprint density at radius 2 is 2.06 bits per heavy atom. The second-order valence-corrected chi connectivity index (χ2v) is 4.64. The van der Waals surface area contributed by atoms with E-state index >= 15 is 0 Å². The predicted molar refractivity (Wildman–Crippen MR) is 65.9 cm³/mol. The molecule has 88 valence electrons. The largest absolute Gasteiger partial charge is 0.397 e. The summed E-state index contributed by atoms with van der Waals surface area (Å²) in [5, 5.41) is 0.598. The van der Waals surface area contributed by atoms with Gasteiger partial charge in [0.25, 0.3) is 0 Å². The number of nitrogens with zero attached hydrogens (tertiary/aromatic N) is 2. The molecule has 2 N–H and O–H groups in total. The maximum Gasteiger partial charge on any atom is 0.147 e. The smallest absolute Gasteiger partial charge is 0.147 e. The Balaban J connectivity index is 2.23. The van der Waals surface area contributed by atoms with Crippen molar-refractivity contribution < 1.29 is 4.74 Å². The number of rotatable bonds is 1. The molecule has 0 amide bonds. The molecule has 2 heterocycles. The first-order valence-corrected chi connectivity index (χ1v) is 5.75. The molecule has 0 spiro atoms. The molecule has 0 bridgehead atoms. The summed E-state index contributed by atoms with van der Waals surface area (Å²) in [5.41, 5.74) is 6.21. The van der Waals surface area contributed by atoms with Crippen LogP contribution >= 0.6 is 11.6 Å². The molecular formula is C11H16ClN3O. The number of hydrogen-bond acceptors (Lipinski definition) is 4. The SMILES string of the molecule is C[C@@H]1CN(c2ncc(N)cc2Cl)C[C@H](C)O1. The lowest BCUT2D eigenvalue weighted by atomic mass is 10.2. The minimum absolute atomic E-state index is 0.194. The second kappa shape index (κ2) is 4.47. The van der Waals surface area contributed by atoms with Crippen molar-refractivity contribution in [2.45, 2.75) is 26.1 Å². The molecule has 5 heteroatoms. The maximum atomic E-state index is 6.13. The second-order valence-electron chi connectivity index (χ2n) is 4.24.